The van der Waals surface area contributed by atoms with E-state index in [2.05, 4.69) is 20.2 Å². The SMILES string of the molecule is C[C@@H](C(=O)Nc1ccc(O)cn1)N1CCC(F)(F)[C@@H](c2c[nH]c(=O)c(CN3CCOCC3)c2)C1. The van der Waals surface area contributed by atoms with Crippen molar-refractivity contribution in [2.24, 2.45) is 0 Å². The van der Waals surface area contributed by atoms with E-state index in [9.17, 15) is 23.5 Å². The number of H-pyrrole nitrogens is 1. The Morgan fingerprint density at radius 2 is 2.12 bits per heavy atom. The maximum Gasteiger partial charge on any atom is 0.257 e. The van der Waals surface area contributed by atoms with Crippen LogP contribution in [0, 0.1) is 0 Å². The molecule has 4 heterocycles. The second-order valence-corrected chi connectivity index (χ2v) is 8.80. The molecule has 4 rings (SSSR count). The second-order valence-electron chi connectivity index (χ2n) is 8.80. The van der Waals surface area contributed by atoms with E-state index >= 15 is 0 Å². The third-order valence-corrected chi connectivity index (χ3v) is 6.49. The number of carbonyl (C=O) groups is 1. The number of hydrogen-bond acceptors (Lipinski definition) is 7. The number of aromatic nitrogens is 2. The van der Waals surface area contributed by atoms with Crippen molar-refractivity contribution in [2.45, 2.75) is 37.8 Å². The van der Waals surface area contributed by atoms with Gasteiger partial charge in [0.1, 0.15) is 11.6 Å². The number of likely N-dealkylation sites (tertiary alicyclic amines) is 1. The van der Waals surface area contributed by atoms with Crippen molar-refractivity contribution in [3.8, 4) is 5.75 Å². The van der Waals surface area contributed by atoms with E-state index in [0.29, 0.717) is 44.0 Å². The van der Waals surface area contributed by atoms with Crippen LogP contribution in [0.25, 0.3) is 0 Å². The number of alkyl halides is 2. The zero-order chi connectivity index (χ0) is 24.3. The van der Waals surface area contributed by atoms with Gasteiger partial charge < -0.3 is 20.1 Å². The number of carbonyl (C=O) groups excluding carboxylic acids is 1. The molecule has 2 saturated heterocycles. The minimum absolute atomic E-state index is 0.0268. The molecule has 184 valence electrons. The maximum absolute atomic E-state index is 15.0. The predicted molar refractivity (Wildman–Crippen MR) is 121 cm³/mol. The van der Waals surface area contributed by atoms with E-state index in [1.165, 1.54) is 24.5 Å². The van der Waals surface area contributed by atoms with Gasteiger partial charge in [-0.15, -0.1) is 0 Å². The molecule has 9 nitrogen and oxygen atoms in total. The maximum atomic E-state index is 15.0. The number of piperidine rings is 1. The Labute approximate surface area is 195 Å². The van der Waals surface area contributed by atoms with E-state index in [0.717, 1.165) is 0 Å². The Bertz CT molecular complexity index is 1060. The number of nitrogens with one attached hydrogen (secondary N) is 2. The quantitative estimate of drug-likeness (QED) is 0.582. The van der Waals surface area contributed by atoms with Gasteiger partial charge in [-0.1, -0.05) is 0 Å². The molecule has 0 aromatic carbocycles. The summed E-state index contributed by atoms with van der Waals surface area (Å²) in [4.78, 5) is 35.4. The topological polar surface area (TPSA) is 111 Å². The third kappa shape index (κ3) is 5.60. The highest BCUT2D eigenvalue weighted by molar-refractivity contribution is 5.93. The van der Waals surface area contributed by atoms with Crippen LogP contribution in [0.4, 0.5) is 14.6 Å². The Kier molecular flexibility index (Phi) is 7.24. The minimum atomic E-state index is -2.97. The molecule has 2 aromatic heterocycles. The fourth-order valence-corrected chi connectivity index (χ4v) is 4.35. The number of nitrogens with zero attached hydrogens (tertiary/aromatic N) is 3. The molecule has 34 heavy (non-hydrogen) atoms. The van der Waals surface area contributed by atoms with Crippen LogP contribution in [0.1, 0.15) is 30.4 Å². The Hall–Kier alpha value is -2.89. The summed E-state index contributed by atoms with van der Waals surface area (Å²) >= 11 is 0. The van der Waals surface area contributed by atoms with Crippen molar-refractivity contribution in [3.05, 3.63) is 52.1 Å². The molecule has 0 spiro atoms. The van der Waals surface area contributed by atoms with Crippen LogP contribution in [0.2, 0.25) is 0 Å². The van der Waals surface area contributed by atoms with Crippen molar-refractivity contribution < 1.29 is 23.4 Å². The largest absolute Gasteiger partial charge is 0.506 e. The highest BCUT2D eigenvalue weighted by Gasteiger charge is 2.46. The number of aromatic hydroxyl groups is 1. The van der Waals surface area contributed by atoms with Crippen LogP contribution in [0.3, 0.4) is 0 Å². The molecule has 2 atom stereocenters. The van der Waals surface area contributed by atoms with E-state index < -0.39 is 24.3 Å². The van der Waals surface area contributed by atoms with Crippen molar-refractivity contribution in [2.75, 3.05) is 44.7 Å². The molecule has 11 heteroatoms. The molecular weight excluding hydrogens is 448 g/mol. The van der Waals surface area contributed by atoms with Gasteiger partial charge in [0.05, 0.1) is 31.4 Å². The lowest BCUT2D eigenvalue weighted by atomic mass is 9.86. The van der Waals surface area contributed by atoms with E-state index in [1.807, 2.05) is 0 Å². The zero-order valence-electron chi connectivity index (χ0n) is 19.0. The number of amides is 1. The molecular formula is C23H29F2N5O4. The summed E-state index contributed by atoms with van der Waals surface area (Å²) in [6, 6.07) is 3.75. The summed E-state index contributed by atoms with van der Waals surface area (Å²) in [5.74, 6) is -4.28. The van der Waals surface area contributed by atoms with Crippen LogP contribution < -0.4 is 10.9 Å². The van der Waals surface area contributed by atoms with Crippen LogP contribution >= 0.6 is 0 Å². The molecule has 1 amide bonds. The number of anilines is 1. The lowest BCUT2D eigenvalue weighted by molar-refractivity contribution is -0.125. The van der Waals surface area contributed by atoms with Crippen molar-refractivity contribution in [1.29, 1.82) is 0 Å². The highest BCUT2D eigenvalue weighted by Crippen LogP contribution is 2.40. The molecule has 0 bridgehead atoms. The van der Waals surface area contributed by atoms with E-state index in [-0.39, 0.29) is 36.1 Å². The first-order valence-electron chi connectivity index (χ1n) is 11.3. The van der Waals surface area contributed by atoms with Gasteiger partial charge in [-0.05, 0) is 30.7 Å². The summed E-state index contributed by atoms with van der Waals surface area (Å²) in [6.45, 7) is 4.57. The smallest absolute Gasteiger partial charge is 0.257 e. The van der Waals surface area contributed by atoms with Crippen LogP contribution in [-0.4, -0.2) is 82.1 Å². The first-order valence-corrected chi connectivity index (χ1v) is 11.3. The highest BCUT2D eigenvalue weighted by atomic mass is 19.3. The van der Waals surface area contributed by atoms with Gasteiger partial charge in [-0.25, -0.2) is 13.8 Å². The minimum Gasteiger partial charge on any atom is -0.506 e. The predicted octanol–water partition coefficient (Wildman–Crippen LogP) is 1.76. The molecule has 2 aliphatic heterocycles. The van der Waals surface area contributed by atoms with Crippen LogP contribution in [0.15, 0.2) is 35.4 Å². The fraction of sp³-hybridized carbons (Fsp3) is 0.522. The third-order valence-electron chi connectivity index (χ3n) is 6.49. The molecule has 0 radical (unpaired) electrons. The summed E-state index contributed by atoms with van der Waals surface area (Å²) in [5.41, 5.74) is 0.502. The zero-order valence-corrected chi connectivity index (χ0v) is 19.0. The first kappa shape index (κ1) is 24.2. The lowest BCUT2D eigenvalue weighted by Gasteiger charge is -2.40. The van der Waals surface area contributed by atoms with Crippen molar-refractivity contribution in [3.63, 3.8) is 0 Å². The summed E-state index contributed by atoms with van der Waals surface area (Å²) in [6.07, 6.45) is 2.17. The van der Waals surface area contributed by atoms with Gasteiger partial charge in [-0.2, -0.15) is 0 Å². The average molecular weight is 478 g/mol. The van der Waals surface area contributed by atoms with Gasteiger partial charge in [0.15, 0.2) is 0 Å². The molecule has 2 fully saturated rings. The lowest BCUT2D eigenvalue weighted by Crippen LogP contribution is -2.52. The number of pyridine rings is 2. The first-order chi connectivity index (χ1) is 16.2. The molecule has 0 saturated carbocycles. The van der Waals surface area contributed by atoms with Gasteiger partial charge in [0, 0.05) is 50.9 Å². The van der Waals surface area contributed by atoms with E-state index in [1.54, 1.807) is 17.9 Å². The summed E-state index contributed by atoms with van der Waals surface area (Å²) in [7, 11) is 0. The Balaban J connectivity index is 1.48. The van der Waals surface area contributed by atoms with E-state index in [4.69, 9.17) is 4.74 Å². The monoisotopic (exact) mass is 477 g/mol. The van der Waals surface area contributed by atoms with Gasteiger partial charge in [-0.3, -0.25) is 19.4 Å². The Morgan fingerprint density at radius 1 is 1.35 bits per heavy atom. The molecule has 0 aliphatic carbocycles. The summed E-state index contributed by atoms with van der Waals surface area (Å²) in [5, 5.41) is 12.0. The molecule has 2 aliphatic rings. The molecule has 3 N–H and O–H groups in total. The standard InChI is InChI=1S/C23H29F2N5O4/c1-15(21(32)28-20-3-2-18(31)12-26-20)30-5-4-23(24,25)19(14-30)16-10-17(22(33)27-11-16)13-29-6-8-34-9-7-29/h2-3,10-12,15,19,31H,4-9,13-14H2,1H3,(H,27,33)(H,26,28,32)/t15-,19+/m0/s1. The van der Waals surface area contributed by atoms with Crippen molar-refractivity contribution in [1.82, 2.24) is 19.8 Å². The number of rotatable bonds is 6. The number of ether oxygens (including phenoxy) is 1. The van der Waals surface area contributed by atoms with Gasteiger partial charge >= 0.3 is 0 Å². The number of aromatic amines is 1. The number of hydrogen-bond donors (Lipinski definition) is 3. The molecule has 0 unspecified atom stereocenters. The van der Waals surface area contributed by atoms with Gasteiger partial charge in [0.25, 0.3) is 11.5 Å². The molecule has 2 aromatic rings. The normalized spacial score (nSPS) is 22.3. The average Bonchev–Trinajstić information content (AvgIpc) is 2.82. The van der Waals surface area contributed by atoms with Crippen LogP contribution in [0.5, 0.6) is 5.75 Å². The fourth-order valence-electron chi connectivity index (χ4n) is 4.35. The number of halogens is 2. The second kappa shape index (κ2) is 10.2. The summed E-state index contributed by atoms with van der Waals surface area (Å²) < 4.78 is 35.3. The van der Waals surface area contributed by atoms with Crippen molar-refractivity contribution >= 4 is 11.7 Å². The van der Waals surface area contributed by atoms with Gasteiger partial charge in [0.2, 0.25) is 5.91 Å². The van der Waals surface area contributed by atoms with Crippen LogP contribution in [-0.2, 0) is 16.1 Å². The number of morpholine rings is 1. The Morgan fingerprint density at radius 3 is 2.82 bits per heavy atom.